The smallest absolute Gasteiger partial charge is 0.251 e. The number of piperidine rings is 1. The van der Waals surface area contributed by atoms with Crippen molar-refractivity contribution in [3.63, 3.8) is 0 Å². The Labute approximate surface area is 132 Å². The van der Waals surface area contributed by atoms with Gasteiger partial charge in [-0.25, -0.2) is 0 Å². The molecule has 0 aromatic heterocycles. The third-order valence-corrected chi connectivity index (χ3v) is 3.86. The van der Waals surface area contributed by atoms with Gasteiger partial charge in [-0.15, -0.1) is 0 Å². The fourth-order valence-corrected chi connectivity index (χ4v) is 2.49. The number of hydrogen-bond donors (Lipinski definition) is 2. The van der Waals surface area contributed by atoms with Crippen molar-refractivity contribution in [1.82, 2.24) is 10.6 Å². The van der Waals surface area contributed by atoms with Crippen LogP contribution in [0.15, 0.2) is 18.2 Å². The zero-order chi connectivity index (χ0) is 15.8. The normalized spacial score (nSPS) is 15.4. The minimum absolute atomic E-state index is 0.0506. The molecule has 0 saturated carbocycles. The molecule has 1 heterocycles. The van der Waals surface area contributed by atoms with E-state index in [1.165, 1.54) is 0 Å². The molecule has 1 amide bonds. The number of unbranched alkanes of at least 4 members (excludes halogenated alkanes) is 1. The van der Waals surface area contributed by atoms with Crippen LogP contribution in [0.5, 0.6) is 11.5 Å². The monoisotopic (exact) mass is 306 g/mol. The molecule has 1 fully saturated rings. The molecule has 0 unspecified atom stereocenters. The topological polar surface area (TPSA) is 59.6 Å². The summed E-state index contributed by atoms with van der Waals surface area (Å²) < 4.78 is 11.0. The molecule has 0 atom stereocenters. The first-order chi connectivity index (χ1) is 10.7. The van der Waals surface area contributed by atoms with Gasteiger partial charge in [0.1, 0.15) is 0 Å². The number of ether oxygens (including phenoxy) is 2. The Morgan fingerprint density at radius 1 is 1.32 bits per heavy atom. The minimum Gasteiger partial charge on any atom is -0.493 e. The van der Waals surface area contributed by atoms with Gasteiger partial charge in [-0.3, -0.25) is 4.79 Å². The van der Waals surface area contributed by atoms with Gasteiger partial charge < -0.3 is 20.1 Å². The molecule has 2 rings (SSSR count). The number of methoxy groups -OCH3 is 1. The van der Waals surface area contributed by atoms with Gasteiger partial charge in [0.2, 0.25) is 0 Å². The molecule has 5 heteroatoms. The standard InChI is InChI=1S/C17H26N2O3/c1-3-4-11-22-15-6-5-13(12-16(15)21-2)17(20)19-14-7-9-18-10-8-14/h5-6,12,14,18H,3-4,7-11H2,1-2H3,(H,19,20). The number of carbonyl (C=O) groups is 1. The van der Waals surface area contributed by atoms with Gasteiger partial charge in [0.15, 0.2) is 11.5 Å². The summed E-state index contributed by atoms with van der Waals surface area (Å²) in [5.41, 5.74) is 0.609. The first-order valence-corrected chi connectivity index (χ1v) is 8.07. The zero-order valence-electron chi connectivity index (χ0n) is 13.5. The van der Waals surface area contributed by atoms with Gasteiger partial charge in [0.05, 0.1) is 13.7 Å². The van der Waals surface area contributed by atoms with Gasteiger partial charge in [0.25, 0.3) is 5.91 Å². The lowest BCUT2D eigenvalue weighted by atomic mass is 10.1. The van der Waals surface area contributed by atoms with Crippen LogP contribution in [0.25, 0.3) is 0 Å². The molecular formula is C17H26N2O3. The Balaban J connectivity index is 1.99. The number of rotatable bonds is 7. The fraction of sp³-hybridized carbons (Fsp3) is 0.588. The number of amides is 1. The number of hydrogen-bond acceptors (Lipinski definition) is 4. The number of nitrogens with one attached hydrogen (secondary N) is 2. The highest BCUT2D eigenvalue weighted by atomic mass is 16.5. The van der Waals surface area contributed by atoms with Crippen molar-refractivity contribution in [3.8, 4) is 11.5 Å². The highest BCUT2D eigenvalue weighted by Crippen LogP contribution is 2.28. The predicted octanol–water partition coefficient (Wildman–Crippen LogP) is 2.36. The molecule has 1 saturated heterocycles. The summed E-state index contributed by atoms with van der Waals surface area (Å²) in [5.74, 6) is 1.24. The van der Waals surface area contributed by atoms with Crippen LogP contribution in [-0.2, 0) is 0 Å². The maximum Gasteiger partial charge on any atom is 0.251 e. The second kappa shape index (κ2) is 8.63. The van der Waals surface area contributed by atoms with Gasteiger partial charge >= 0.3 is 0 Å². The third kappa shape index (κ3) is 4.63. The molecule has 1 aromatic carbocycles. The van der Waals surface area contributed by atoms with Gasteiger partial charge in [-0.2, -0.15) is 0 Å². The largest absolute Gasteiger partial charge is 0.493 e. The fourth-order valence-electron chi connectivity index (χ4n) is 2.49. The van der Waals surface area contributed by atoms with Crippen molar-refractivity contribution in [3.05, 3.63) is 23.8 Å². The van der Waals surface area contributed by atoms with Crippen molar-refractivity contribution >= 4 is 5.91 Å². The SMILES string of the molecule is CCCCOc1ccc(C(=O)NC2CCNCC2)cc1OC. The van der Waals surface area contributed by atoms with Crippen LogP contribution in [0.1, 0.15) is 43.0 Å². The molecular weight excluding hydrogens is 280 g/mol. The second-order valence-corrected chi connectivity index (χ2v) is 5.57. The van der Waals surface area contributed by atoms with Crippen LogP contribution in [0.2, 0.25) is 0 Å². The Morgan fingerprint density at radius 2 is 2.09 bits per heavy atom. The number of carbonyl (C=O) groups excluding carboxylic acids is 1. The van der Waals surface area contributed by atoms with Crippen LogP contribution in [0, 0.1) is 0 Å². The van der Waals surface area contributed by atoms with Crippen LogP contribution in [0.3, 0.4) is 0 Å². The lowest BCUT2D eigenvalue weighted by molar-refractivity contribution is 0.0929. The van der Waals surface area contributed by atoms with Crippen molar-refractivity contribution < 1.29 is 14.3 Å². The highest BCUT2D eigenvalue weighted by molar-refractivity contribution is 5.95. The molecule has 1 aliphatic rings. The quantitative estimate of drug-likeness (QED) is 0.759. The van der Waals surface area contributed by atoms with E-state index < -0.39 is 0 Å². The van der Waals surface area contributed by atoms with Crippen LogP contribution in [-0.4, -0.2) is 38.8 Å². The van der Waals surface area contributed by atoms with E-state index in [-0.39, 0.29) is 11.9 Å². The van der Waals surface area contributed by atoms with Gasteiger partial charge in [-0.05, 0) is 50.6 Å². The molecule has 1 aliphatic heterocycles. The first kappa shape index (κ1) is 16.6. The average Bonchev–Trinajstić information content (AvgIpc) is 2.56. The van der Waals surface area contributed by atoms with E-state index in [2.05, 4.69) is 17.6 Å². The Morgan fingerprint density at radius 3 is 2.77 bits per heavy atom. The predicted molar refractivity (Wildman–Crippen MR) is 86.8 cm³/mol. The summed E-state index contributed by atoms with van der Waals surface area (Å²) in [4.78, 5) is 12.3. The Kier molecular flexibility index (Phi) is 6.52. The zero-order valence-corrected chi connectivity index (χ0v) is 13.5. The van der Waals surface area contributed by atoms with E-state index in [1.54, 1.807) is 19.2 Å². The average molecular weight is 306 g/mol. The van der Waals surface area contributed by atoms with E-state index >= 15 is 0 Å². The maximum absolute atomic E-state index is 12.3. The summed E-state index contributed by atoms with van der Waals surface area (Å²) in [7, 11) is 1.59. The van der Waals surface area contributed by atoms with Crippen LogP contribution >= 0.6 is 0 Å². The van der Waals surface area contributed by atoms with E-state index in [0.29, 0.717) is 23.7 Å². The van der Waals surface area contributed by atoms with E-state index in [1.807, 2.05) is 6.07 Å². The molecule has 5 nitrogen and oxygen atoms in total. The van der Waals surface area contributed by atoms with Crippen molar-refractivity contribution in [2.24, 2.45) is 0 Å². The molecule has 0 radical (unpaired) electrons. The summed E-state index contributed by atoms with van der Waals surface area (Å²) >= 11 is 0. The van der Waals surface area contributed by atoms with E-state index in [9.17, 15) is 4.79 Å². The van der Waals surface area contributed by atoms with E-state index in [0.717, 1.165) is 38.8 Å². The van der Waals surface area contributed by atoms with Crippen molar-refractivity contribution in [2.45, 2.75) is 38.6 Å². The Bertz CT molecular complexity index is 485. The van der Waals surface area contributed by atoms with E-state index in [4.69, 9.17) is 9.47 Å². The first-order valence-electron chi connectivity index (χ1n) is 8.07. The third-order valence-electron chi connectivity index (χ3n) is 3.86. The molecule has 22 heavy (non-hydrogen) atoms. The summed E-state index contributed by atoms with van der Waals surface area (Å²) in [6, 6.07) is 5.60. The summed E-state index contributed by atoms with van der Waals surface area (Å²) in [5, 5.41) is 6.37. The molecule has 2 N–H and O–H groups in total. The van der Waals surface area contributed by atoms with Gasteiger partial charge in [-0.1, -0.05) is 13.3 Å². The van der Waals surface area contributed by atoms with Crippen LogP contribution in [0.4, 0.5) is 0 Å². The minimum atomic E-state index is -0.0506. The Hall–Kier alpha value is -1.75. The number of benzene rings is 1. The van der Waals surface area contributed by atoms with Crippen LogP contribution < -0.4 is 20.1 Å². The summed E-state index contributed by atoms with van der Waals surface area (Å²) in [6.07, 6.45) is 4.03. The molecule has 122 valence electrons. The molecule has 1 aromatic rings. The van der Waals surface area contributed by atoms with Crippen molar-refractivity contribution in [2.75, 3.05) is 26.8 Å². The van der Waals surface area contributed by atoms with Crippen molar-refractivity contribution in [1.29, 1.82) is 0 Å². The summed E-state index contributed by atoms with van der Waals surface area (Å²) in [6.45, 7) is 4.69. The van der Waals surface area contributed by atoms with Gasteiger partial charge in [0, 0.05) is 11.6 Å². The highest BCUT2D eigenvalue weighted by Gasteiger charge is 2.17. The molecule has 0 spiro atoms. The maximum atomic E-state index is 12.3. The molecule has 0 bridgehead atoms. The molecule has 0 aliphatic carbocycles. The lowest BCUT2D eigenvalue weighted by Crippen LogP contribution is -2.42. The second-order valence-electron chi connectivity index (χ2n) is 5.57. The lowest BCUT2D eigenvalue weighted by Gasteiger charge is -2.23.